The van der Waals surface area contributed by atoms with Crippen molar-refractivity contribution in [2.75, 3.05) is 40.4 Å². The summed E-state index contributed by atoms with van der Waals surface area (Å²) in [5.41, 5.74) is -0.920. The summed E-state index contributed by atoms with van der Waals surface area (Å²) in [4.78, 5) is 51.4. The van der Waals surface area contributed by atoms with E-state index in [4.69, 9.17) is 30.8 Å². The van der Waals surface area contributed by atoms with E-state index in [9.17, 15) is 18.8 Å². The Bertz CT molecular complexity index is 1450. The van der Waals surface area contributed by atoms with Crippen LogP contribution >= 0.6 is 22.9 Å². The second kappa shape index (κ2) is 11.0. The Balaban J connectivity index is 1.57. The maximum atomic E-state index is 13.9. The number of benzene rings is 1. The van der Waals surface area contributed by atoms with Crippen LogP contribution in [0.15, 0.2) is 46.0 Å². The minimum atomic E-state index is -1.01. The normalized spacial score (nSPS) is 23.9. The lowest BCUT2D eigenvalue weighted by molar-refractivity contribution is -0.147. The number of aliphatic imine (C=N–C) groups is 1. The molecule has 1 amide bonds. The van der Waals surface area contributed by atoms with Crippen molar-refractivity contribution in [2.45, 2.75) is 37.5 Å². The lowest BCUT2D eigenvalue weighted by Gasteiger charge is -2.49. The highest BCUT2D eigenvalue weighted by Crippen LogP contribution is 2.45. The number of piperazine rings is 1. The average Bonchev–Trinajstić information content (AvgIpc) is 3.53. The number of ether oxygens (including phenoxy) is 3. The van der Waals surface area contributed by atoms with Crippen molar-refractivity contribution in [1.29, 1.82) is 0 Å². The monoisotopic (exact) mass is 605 g/mol. The number of fused-ring (bicyclic) bond motifs is 1. The fraction of sp³-hybridized carbons (Fsp3) is 0.444. The fourth-order valence-corrected chi connectivity index (χ4v) is 6.50. The Morgan fingerprint density at radius 1 is 1.27 bits per heavy atom. The second-order valence-electron chi connectivity index (χ2n) is 10.4. The number of halogens is 2. The Hall–Kier alpha value is -3.55. The summed E-state index contributed by atoms with van der Waals surface area (Å²) in [5, 5.41) is 5.75. The summed E-state index contributed by atoms with van der Waals surface area (Å²) in [7, 11) is 2.57. The van der Waals surface area contributed by atoms with Crippen molar-refractivity contribution in [2.24, 2.45) is 4.99 Å². The van der Waals surface area contributed by atoms with Gasteiger partial charge in [-0.05, 0) is 26.0 Å². The Morgan fingerprint density at radius 3 is 2.71 bits per heavy atom. The SMILES string of the molecule is COC(=O)C[C@]12CN(CC3=C(C(=O)OC)[C@H](c4ccc(F)cc4Cl)N=C(c4nccs4)N3)CCN1C(=O)OC2(C)C. The molecule has 2 fully saturated rings. The van der Waals surface area contributed by atoms with Crippen LogP contribution in [0, 0.1) is 5.82 Å². The van der Waals surface area contributed by atoms with E-state index in [-0.39, 0.29) is 30.1 Å². The number of amides is 1. The molecule has 0 spiro atoms. The molecule has 0 radical (unpaired) electrons. The third-order valence-electron chi connectivity index (χ3n) is 7.79. The number of hydrogen-bond donors (Lipinski definition) is 1. The maximum absolute atomic E-state index is 13.9. The lowest BCUT2D eigenvalue weighted by atomic mass is 9.77. The Kier molecular flexibility index (Phi) is 7.79. The van der Waals surface area contributed by atoms with Crippen LogP contribution in [0.2, 0.25) is 5.02 Å². The first-order valence-corrected chi connectivity index (χ1v) is 14.1. The van der Waals surface area contributed by atoms with Crippen molar-refractivity contribution in [3.05, 3.63) is 62.5 Å². The molecule has 3 aliphatic rings. The van der Waals surface area contributed by atoms with Crippen LogP contribution in [0.25, 0.3) is 0 Å². The molecule has 2 aromatic rings. The smallest absolute Gasteiger partial charge is 0.411 e. The van der Waals surface area contributed by atoms with Gasteiger partial charge in [0, 0.05) is 54.0 Å². The van der Waals surface area contributed by atoms with Gasteiger partial charge in [0.15, 0.2) is 10.8 Å². The van der Waals surface area contributed by atoms with Gasteiger partial charge in [-0.15, -0.1) is 11.3 Å². The van der Waals surface area contributed by atoms with Crippen molar-refractivity contribution in [3.8, 4) is 0 Å². The number of aromatic nitrogens is 1. The number of rotatable bonds is 7. The van der Waals surface area contributed by atoms with Gasteiger partial charge in [-0.2, -0.15) is 0 Å². The van der Waals surface area contributed by atoms with Crippen molar-refractivity contribution >= 4 is 46.8 Å². The topological polar surface area (TPSA) is 123 Å². The molecule has 0 unspecified atom stereocenters. The molecule has 1 aromatic carbocycles. The maximum Gasteiger partial charge on any atom is 0.411 e. The first kappa shape index (κ1) is 29.0. The molecular formula is C27H29ClFN5O6S. The van der Waals surface area contributed by atoms with E-state index >= 15 is 0 Å². The summed E-state index contributed by atoms with van der Waals surface area (Å²) in [6.07, 6.45) is 1.07. The highest BCUT2D eigenvalue weighted by molar-refractivity contribution is 7.11. The van der Waals surface area contributed by atoms with E-state index in [2.05, 4.69) is 10.3 Å². The third-order valence-corrected chi connectivity index (χ3v) is 8.90. The first-order chi connectivity index (χ1) is 19.5. The molecule has 5 rings (SSSR count). The molecule has 0 saturated carbocycles. The van der Waals surface area contributed by atoms with Crippen LogP contribution in [0.1, 0.15) is 36.9 Å². The molecule has 0 bridgehead atoms. The van der Waals surface area contributed by atoms with Crippen molar-refractivity contribution < 1.29 is 33.0 Å². The van der Waals surface area contributed by atoms with Gasteiger partial charge in [-0.3, -0.25) is 19.6 Å². The summed E-state index contributed by atoms with van der Waals surface area (Å²) in [6, 6.07) is 3.00. The minimum Gasteiger partial charge on any atom is -0.469 e. The Morgan fingerprint density at radius 2 is 2.05 bits per heavy atom. The lowest BCUT2D eigenvalue weighted by Crippen LogP contribution is -2.67. The van der Waals surface area contributed by atoms with Gasteiger partial charge >= 0.3 is 18.0 Å². The van der Waals surface area contributed by atoms with Gasteiger partial charge in [0.05, 0.1) is 26.2 Å². The summed E-state index contributed by atoms with van der Waals surface area (Å²) in [5.74, 6) is -1.22. The number of nitrogens with one attached hydrogen (secondary N) is 1. The summed E-state index contributed by atoms with van der Waals surface area (Å²) >= 11 is 7.81. The minimum absolute atomic E-state index is 0.0747. The summed E-state index contributed by atoms with van der Waals surface area (Å²) in [6.45, 7) is 4.72. The number of hydrogen-bond acceptors (Lipinski definition) is 11. The highest BCUT2D eigenvalue weighted by Gasteiger charge is 2.63. The predicted octanol–water partition coefficient (Wildman–Crippen LogP) is 3.30. The molecule has 1 aromatic heterocycles. The molecule has 218 valence electrons. The largest absolute Gasteiger partial charge is 0.469 e. The molecule has 0 aliphatic carbocycles. The van der Waals surface area contributed by atoms with Crippen molar-refractivity contribution in [3.63, 3.8) is 0 Å². The quantitative estimate of drug-likeness (QED) is 0.374. The van der Waals surface area contributed by atoms with Crippen LogP contribution in [0.4, 0.5) is 9.18 Å². The molecular weight excluding hydrogens is 577 g/mol. The van der Waals surface area contributed by atoms with E-state index < -0.39 is 41.0 Å². The number of thiazole rings is 1. The van der Waals surface area contributed by atoms with Crippen molar-refractivity contribution in [1.82, 2.24) is 20.1 Å². The molecule has 1 N–H and O–H groups in total. The van der Waals surface area contributed by atoms with Gasteiger partial charge in [0.2, 0.25) is 0 Å². The van der Waals surface area contributed by atoms with Crippen LogP contribution in [0.5, 0.6) is 0 Å². The molecule has 3 aliphatic heterocycles. The number of carbonyl (C=O) groups is 3. The molecule has 11 nitrogen and oxygen atoms in total. The highest BCUT2D eigenvalue weighted by atomic mass is 35.5. The Labute approximate surface area is 244 Å². The van der Waals surface area contributed by atoms with Gasteiger partial charge in [0.1, 0.15) is 23.0 Å². The number of methoxy groups -OCH3 is 2. The van der Waals surface area contributed by atoms with Gasteiger partial charge in [-0.25, -0.2) is 19.0 Å². The zero-order valence-corrected chi connectivity index (χ0v) is 24.5. The average molecular weight is 606 g/mol. The van der Waals surface area contributed by atoms with Gasteiger partial charge < -0.3 is 19.5 Å². The number of carbonyl (C=O) groups excluding carboxylic acids is 3. The van der Waals surface area contributed by atoms with E-state index in [1.165, 1.54) is 43.8 Å². The van der Waals surface area contributed by atoms with Crippen LogP contribution in [-0.4, -0.2) is 90.2 Å². The van der Waals surface area contributed by atoms with Gasteiger partial charge in [-0.1, -0.05) is 17.7 Å². The van der Waals surface area contributed by atoms with E-state index in [1.807, 2.05) is 4.90 Å². The number of esters is 2. The zero-order valence-electron chi connectivity index (χ0n) is 22.9. The molecule has 4 heterocycles. The standard InChI is InChI=1S/C27H29ClFN5O6S/c1-26(2)27(12-19(35)38-3)14-33(8-9-34(27)25(37)40-26)13-18-20(24(36)39-4)21(16-6-5-15(29)11-17(16)28)32-22(31-18)23-30-7-10-41-23/h5-7,10-11,21H,8-9,12-14H2,1-4H3,(H,31,32)/t21-,27+/m0/s1. The number of amidine groups is 1. The molecule has 2 saturated heterocycles. The number of nitrogens with zero attached hydrogens (tertiary/aromatic N) is 4. The van der Waals surface area contributed by atoms with Crippen LogP contribution in [-0.2, 0) is 23.8 Å². The van der Waals surface area contributed by atoms with Crippen LogP contribution in [0.3, 0.4) is 0 Å². The third kappa shape index (κ3) is 5.17. The number of cyclic esters (lactones) is 1. The van der Waals surface area contributed by atoms with E-state index in [0.29, 0.717) is 35.2 Å². The van der Waals surface area contributed by atoms with E-state index in [0.717, 1.165) is 0 Å². The summed E-state index contributed by atoms with van der Waals surface area (Å²) < 4.78 is 29.8. The van der Waals surface area contributed by atoms with Crippen LogP contribution < -0.4 is 5.32 Å². The zero-order chi connectivity index (χ0) is 29.5. The van der Waals surface area contributed by atoms with E-state index in [1.54, 1.807) is 30.3 Å². The molecule has 2 atom stereocenters. The molecule has 14 heteroatoms. The predicted molar refractivity (Wildman–Crippen MR) is 148 cm³/mol. The molecule has 41 heavy (non-hydrogen) atoms. The fourth-order valence-electron chi connectivity index (χ4n) is 5.64. The van der Waals surface area contributed by atoms with Gasteiger partial charge in [0.25, 0.3) is 0 Å². The first-order valence-electron chi connectivity index (χ1n) is 12.8. The second-order valence-corrected chi connectivity index (χ2v) is 11.7.